The van der Waals surface area contributed by atoms with Crippen molar-refractivity contribution in [3.8, 4) is 11.5 Å². The van der Waals surface area contributed by atoms with Crippen molar-refractivity contribution >= 4 is 5.69 Å². The quantitative estimate of drug-likeness (QED) is 0.934. The van der Waals surface area contributed by atoms with Gasteiger partial charge in [-0.15, -0.1) is 0 Å². The predicted octanol–water partition coefficient (Wildman–Crippen LogP) is 2.77. The molecule has 6 nitrogen and oxygen atoms in total. The summed E-state index contributed by atoms with van der Waals surface area (Å²) in [6.07, 6.45) is 7.27. The number of hydrogen-bond acceptors (Lipinski definition) is 6. The molecule has 0 bridgehead atoms. The van der Waals surface area contributed by atoms with Gasteiger partial charge in [-0.25, -0.2) is 0 Å². The second kappa shape index (κ2) is 5.44. The van der Waals surface area contributed by atoms with Crippen LogP contribution in [0.1, 0.15) is 38.4 Å². The summed E-state index contributed by atoms with van der Waals surface area (Å²) < 4.78 is 11.2. The molecular formula is C15H20N4O2. The molecule has 0 atom stereocenters. The van der Waals surface area contributed by atoms with E-state index >= 15 is 0 Å². The highest BCUT2D eigenvalue weighted by Crippen LogP contribution is 2.41. The third kappa shape index (κ3) is 2.51. The number of pyridine rings is 1. The number of nitrogens with two attached hydrogens (primary N) is 1. The minimum atomic E-state index is -0.434. The number of anilines is 1. The molecule has 112 valence electrons. The SMILES string of the molecule is COC1(c2noc(-c3ccncc3N)n2)CCC(C)CC1. The topological polar surface area (TPSA) is 87.1 Å². The van der Waals surface area contributed by atoms with Crippen LogP contribution < -0.4 is 5.73 Å². The molecule has 2 aromatic heterocycles. The van der Waals surface area contributed by atoms with Crippen molar-refractivity contribution in [3.63, 3.8) is 0 Å². The van der Waals surface area contributed by atoms with E-state index in [1.165, 1.54) is 0 Å². The van der Waals surface area contributed by atoms with Crippen LogP contribution in [0.2, 0.25) is 0 Å². The fraction of sp³-hybridized carbons (Fsp3) is 0.533. The Labute approximate surface area is 123 Å². The maximum Gasteiger partial charge on any atom is 0.260 e. The summed E-state index contributed by atoms with van der Waals surface area (Å²) in [5.41, 5.74) is 6.70. The van der Waals surface area contributed by atoms with Crippen LogP contribution in [0, 0.1) is 5.92 Å². The van der Waals surface area contributed by atoms with Crippen molar-refractivity contribution in [3.05, 3.63) is 24.3 Å². The fourth-order valence-corrected chi connectivity index (χ4v) is 2.87. The van der Waals surface area contributed by atoms with E-state index in [4.69, 9.17) is 15.0 Å². The van der Waals surface area contributed by atoms with E-state index in [1.54, 1.807) is 25.6 Å². The monoisotopic (exact) mass is 288 g/mol. The molecule has 0 aliphatic heterocycles. The lowest BCUT2D eigenvalue weighted by atomic mass is 9.79. The van der Waals surface area contributed by atoms with E-state index in [0.29, 0.717) is 23.0 Å². The number of nitrogen functional groups attached to an aromatic ring is 1. The zero-order chi connectivity index (χ0) is 14.9. The van der Waals surface area contributed by atoms with Gasteiger partial charge in [0.05, 0.1) is 17.4 Å². The third-order valence-electron chi connectivity index (χ3n) is 4.39. The predicted molar refractivity (Wildman–Crippen MR) is 78.3 cm³/mol. The van der Waals surface area contributed by atoms with E-state index in [0.717, 1.165) is 31.6 Å². The lowest BCUT2D eigenvalue weighted by molar-refractivity contribution is -0.0609. The van der Waals surface area contributed by atoms with Crippen LogP contribution in [0.15, 0.2) is 23.0 Å². The maximum absolute atomic E-state index is 5.90. The Balaban J connectivity index is 1.92. The second-order valence-corrected chi connectivity index (χ2v) is 5.77. The van der Waals surface area contributed by atoms with Crippen molar-refractivity contribution in [1.29, 1.82) is 0 Å². The molecule has 0 spiro atoms. The van der Waals surface area contributed by atoms with Crippen LogP contribution in [-0.2, 0) is 10.3 Å². The van der Waals surface area contributed by atoms with Gasteiger partial charge in [-0.2, -0.15) is 4.98 Å². The summed E-state index contributed by atoms with van der Waals surface area (Å²) in [5, 5.41) is 4.14. The molecule has 1 aliphatic rings. The van der Waals surface area contributed by atoms with Gasteiger partial charge in [0.1, 0.15) is 5.60 Å². The molecule has 0 radical (unpaired) electrons. The van der Waals surface area contributed by atoms with Gasteiger partial charge in [0.2, 0.25) is 5.82 Å². The van der Waals surface area contributed by atoms with Gasteiger partial charge < -0.3 is 15.0 Å². The van der Waals surface area contributed by atoms with Crippen molar-refractivity contribution in [2.45, 2.75) is 38.2 Å². The van der Waals surface area contributed by atoms with E-state index < -0.39 is 5.60 Å². The molecule has 21 heavy (non-hydrogen) atoms. The van der Waals surface area contributed by atoms with Crippen LogP contribution in [-0.4, -0.2) is 22.2 Å². The largest absolute Gasteiger partial charge is 0.397 e. The summed E-state index contributed by atoms with van der Waals surface area (Å²) in [7, 11) is 1.72. The first-order valence-electron chi connectivity index (χ1n) is 7.24. The number of ether oxygens (including phenoxy) is 1. The van der Waals surface area contributed by atoms with Crippen LogP contribution in [0.5, 0.6) is 0 Å². The Morgan fingerprint density at radius 2 is 2.14 bits per heavy atom. The minimum Gasteiger partial charge on any atom is -0.397 e. The molecule has 0 saturated heterocycles. The lowest BCUT2D eigenvalue weighted by Crippen LogP contribution is -2.34. The average Bonchev–Trinajstić information content (AvgIpc) is 2.99. The molecular weight excluding hydrogens is 268 g/mol. The molecule has 0 amide bonds. The fourth-order valence-electron chi connectivity index (χ4n) is 2.87. The molecule has 1 fully saturated rings. The first kappa shape index (κ1) is 14.0. The summed E-state index contributed by atoms with van der Waals surface area (Å²) in [4.78, 5) is 8.49. The number of nitrogens with zero attached hydrogens (tertiary/aromatic N) is 3. The van der Waals surface area contributed by atoms with Crippen molar-refractivity contribution in [2.24, 2.45) is 5.92 Å². The number of rotatable bonds is 3. The zero-order valence-electron chi connectivity index (χ0n) is 12.4. The van der Waals surface area contributed by atoms with Gasteiger partial charge in [0, 0.05) is 13.3 Å². The van der Waals surface area contributed by atoms with Crippen molar-refractivity contribution in [1.82, 2.24) is 15.1 Å². The smallest absolute Gasteiger partial charge is 0.260 e. The van der Waals surface area contributed by atoms with Crippen LogP contribution in [0.3, 0.4) is 0 Å². The first-order chi connectivity index (χ1) is 10.1. The zero-order valence-corrected chi connectivity index (χ0v) is 12.4. The van der Waals surface area contributed by atoms with Gasteiger partial charge in [0.15, 0.2) is 0 Å². The van der Waals surface area contributed by atoms with Gasteiger partial charge in [-0.1, -0.05) is 12.1 Å². The summed E-state index contributed by atoms with van der Waals surface area (Å²) in [6, 6.07) is 1.77. The van der Waals surface area contributed by atoms with Gasteiger partial charge in [-0.05, 0) is 37.7 Å². The van der Waals surface area contributed by atoms with E-state index in [2.05, 4.69) is 22.0 Å². The molecule has 2 heterocycles. The van der Waals surface area contributed by atoms with E-state index in [-0.39, 0.29) is 0 Å². The molecule has 3 rings (SSSR count). The highest BCUT2D eigenvalue weighted by molar-refractivity contribution is 5.68. The van der Waals surface area contributed by atoms with Crippen LogP contribution >= 0.6 is 0 Å². The molecule has 0 aromatic carbocycles. The Hall–Kier alpha value is -1.95. The van der Waals surface area contributed by atoms with Crippen LogP contribution in [0.25, 0.3) is 11.5 Å². The van der Waals surface area contributed by atoms with E-state index in [9.17, 15) is 0 Å². The Bertz CT molecular complexity index is 618. The summed E-state index contributed by atoms with van der Waals surface area (Å²) in [5.74, 6) is 1.75. The standard InChI is InChI=1S/C15H20N4O2/c1-10-3-6-15(20-2,7-4-10)14-18-13(21-19-14)11-5-8-17-9-12(11)16/h5,8-10H,3-4,6-7,16H2,1-2H3. The molecule has 2 aromatic rings. The molecule has 2 N–H and O–H groups in total. The van der Waals surface area contributed by atoms with Crippen molar-refractivity contribution < 1.29 is 9.26 Å². The Kier molecular flexibility index (Phi) is 3.63. The highest BCUT2D eigenvalue weighted by Gasteiger charge is 2.40. The lowest BCUT2D eigenvalue weighted by Gasteiger charge is -2.35. The van der Waals surface area contributed by atoms with E-state index in [1.807, 2.05) is 0 Å². The molecule has 0 unspecified atom stereocenters. The van der Waals surface area contributed by atoms with Crippen LogP contribution in [0.4, 0.5) is 5.69 Å². The number of aromatic nitrogens is 3. The Morgan fingerprint density at radius 3 is 2.81 bits per heavy atom. The van der Waals surface area contributed by atoms with Gasteiger partial charge in [0.25, 0.3) is 5.89 Å². The Morgan fingerprint density at radius 1 is 1.38 bits per heavy atom. The molecule has 1 saturated carbocycles. The summed E-state index contributed by atoms with van der Waals surface area (Å²) >= 11 is 0. The van der Waals surface area contributed by atoms with Gasteiger partial charge in [-0.3, -0.25) is 4.98 Å². The third-order valence-corrected chi connectivity index (χ3v) is 4.39. The molecule has 6 heteroatoms. The molecule has 1 aliphatic carbocycles. The second-order valence-electron chi connectivity index (χ2n) is 5.77. The minimum absolute atomic E-state index is 0.417. The maximum atomic E-state index is 5.90. The number of hydrogen-bond donors (Lipinski definition) is 1. The van der Waals surface area contributed by atoms with Gasteiger partial charge >= 0.3 is 0 Å². The average molecular weight is 288 g/mol. The first-order valence-corrected chi connectivity index (χ1v) is 7.24. The number of methoxy groups -OCH3 is 1. The highest BCUT2D eigenvalue weighted by atomic mass is 16.5. The van der Waals surface area contributed by atoms with Crippen molar-refractivity contribution in [2.75, 3.05) is 12.8 Å². The summed E-state index contributed by atoms with van der Waals surface area (Å²) in [6.45, 7) is 2.26. The normalized spacial score (nSPS) is 25.9.